The van der Waals surface area contributed by atoms with Crippen molar-refractivity contribution in [3.8, 4) is 0 Å². The Hall–Kier alpha value is -2.12. The molecule has 2 aromatic heterocycles. The Bertz CT molecular complexity index is 731. The van der Waals surface area contributed by atoms with Crippen molar-refractivity contribution in [1.29, 1.82) is 0 Å². The molecule has 1 aliphatic heterocycles. The summed E-state index contributed by atoms with van der Waals surface area (Å²) in [5, 5.41) is 6.76. The van der Waals surface area contributed by atoms with E-state index in [1.165, 1.54) is 0 Å². The van der Waals surface area contributed by atoms with Crippen LogP contribution in [0.2, 0.25) is 0 Å². The standard InChI is InChI=1S/C18H23N3O3S/c1-13-11-16(14(2)24-13)17(22)19-4-5-20-6-8-21(9-7-20)18(23)15-3-10-25-12-15/h3,10-12H,4-9H2,1-2H3,(H,19,22). The molecule has 0 aromatic carbocycles. The Morgan fingerprint density at radius 2 is 2.00 bits per heavy atom. The molecule has 2 aromatic rings. The summed E-state index contributed by atoms with van der Waals surface area (Å²) in [6.45, 7) is 8.10. The van der Waals surface area contributed by atoms with Crippen LogP contribution < -0.4 is 5.32 Å². The van der Waals surface area contributed by atoms with E-state index in [9.17, 15) is 9.59 Å². The summed E-state index contributed by atoms with van der Waals surface area (Å²) in [7, 11) is 0. The smallest absolute Gasteiger partial charge is 0.254 e. The van der Waals surface area contributed by atoms with E-state index in [2.05, 4.69) is 10.2 Å². The number of nitrogens with zero attached hydrogens (tertiary/aromatic N) is 2. The van der Waals surface area contributed by atoms with E-state index in [0.29, 0.717) is 17.9 Å². The highest BCUT2D eigenvalue weighted by Crippen LogP contribution is 2.14. The number of aryl methyl sites for hydroxylation is 2. The maximum atomic E-state index is 12.3. The topological polar surface area (TPSA) is 65.8 Å². The van der Waals surface area contributed by atoms with Crippen molar-refractivity contribution in [2.45, 2.75) is 13.8 Å². The summed E-state index contributed by atoms with van der Waals surface area (Å²) in [4.78, 5) is 28.6. The van der Waals surface area contributed by atoms with Gasteiger partial charge in [-0.1, -0.05) is 0 Å². The minimum Gasteiger partial charge on any atom is -0.466 e. The van der Waals surface area contributed by atoms with Crippen molar-refractivity contribution < 1.29 is 14.0 Å². The van der Waals surface area contributed by atoms with Crippen molar-refractivity contribution in [2.24, 2.45) is 0 Å². The van der Waals surface area contributed by atoms with Gasteiger partial charge in [-0.2, -0.15) is 11.3 Å². The third kappa shape index (κ3) is 4.29. The Kier molecular flexibility index (Phi) is 5.55. The number of amides is 2. The predicted octanol–water partition coefficient (Wildman–Crippen LogP) is 2.15. The van der Waals surface area contributed by atoms with Gasteiger partial charge in [0.2, 0.25) is 0 Å². The van der Waals surface area contributed by atoms with Gasteiger partial charge in [-0.15, -0.1) is 0 Å². The fourth-order valence-corrected chi connectivity index (χ4v) is 3.65. The lowest BCUT2D eigenvalue weighted by Gasteiger charge is -2.34. The fourth-order valence-electron chi connectivity index (χ4n) is 3.02. The number of nitrogens with one attached hydrogen (secondary N) is 1. The number of furan rings is 1. The number of rotatable bonds is 5. The lowest BCUT2D eigenvalue weighted by Crippen LogP contribution is -2.50. The first-order valence-electron chi connectivity index (χ1n) is 8.43. The van der Waals surface area contributed by atoms with Crippen molar-refractivity contribution in [1.82, 2.24) is 15.1 Å². The highest BCUT2D eigenvalue weighted by molar-refractivity contribution is 7.08. The van der Waals surface area contributed by atoms with Gasteiger partial charge in [-0.25, -0.2) is 0 Å². The summed E-state index contributed by atoms with van der Waals surface area (Å²) in [5.41, 5.74) is 1.38. The molecule has 0 aliphatic carbocycles. The van der Waals surface area contributed by atoms with Crippen LogP contribution in [0.3, 0.4) is 0 Å². The first-order valence-corrected chi connectivity index (χ1v) is 9.38. The number of carbonyl (C=O) groups excluding carboxylic acids is 2. The van der Waals surface area contributed by atoms with Crippen LogP contribution >= 0.6 is 11.3 Å². The lowest BCUT2D eigenvalue weighted by molar-refractivity contribution is 0.0638. The second-order valence-electron chi connectivity index (χ2n) is 6.23. The van der Waals surface area contributed by atoms with E-state index in [1.807, 2.05) is 28.7 Å². The van der Waals surface area contributed by atoms with E-state index >= 15 is 0 Å². The van der Waals surface area contributed by atoms with Gasteiger partial charge >= 0.3 is 0 Å². The molecule has 1 saturated heterocycles. The molecule has 0 spiro atoms. The van der Waals surface area contributed by atoms with E-state index in [0.717, 1.165) is 44.0 Å². The number of hydrogen-bond acceptors (Lipinski definition) is 5. The largest absolute Gasteiger partial charge is 0.466 e. The van der Waals surface area contributed by atoms with Gasteiger partial charge in [0.1, 0.15) is 11.5 Å². The molecule has 3 heterocycles. The Labute approximate surface area is 151 Å². The minimum absolute atomic E-state index is 0.0966. The van der Waals surface area contributed by atoms with Crippen LogP contribution in [0, 0.1) is 13.8 Å². The zero-order chi connectivity index (χ0) is 17.8. The summed E-state index contributed by atoms with van der Waals surface area (Å²) in [5.74, 6) is 1.41. The minimum atomic E-state index is -0.0966. The van der Waals surface area contributed by atoms with Crippen molar-refractivity contribution in [3.05, 3.63) is 45.5 Å². The molecular formula is C18H23N3O3S. The van der Waals surface area contributed by atoms with E-state index < -0.39 is 0 Å². The van der Waals surface area contributed by atoms with Crippen molar-refractivity contribution >= 4 is 23.2 Å². The summed E-state index contributed by atoms with van der Waals surface area (Å²) >= 11 is 1.54. The molecule has 1 aliphatic rings. The highest BCUT2D eigenvalue weighted by Gasteiger charge is 2.22. The van der Waals surface area contributed by atoms with Gasteiger partial charge < -0.3 is 14.6 Å². The molecule has 0 atom stereocenters. The molecule has 25 heavy (non-hydrogen) atoms. The molecule has 1 N–H and O–H groups in total. The monoisotopic (exact) mass is 361 g/mol. The van der Waals surface area contributed by atoms with Crippen LogP contribution in [0.5, 0.6) is 0 Å². The van der Waals surface area contributed by atoms with Crippen LogP contribution in [0.15, 0.2) is 27.3 Å². The molecule has 6 nitrogen and oxygen atoms in total. The predicted molar refractivity (Wildman–Crippen MR) is 97.2 cm³/mol. The van der Waals surface area contributed by atoms with E-state index in [4.69, 9.17) is 4.42 Å². The normalized spacial score (nSPS) is 15.4. The lowest BCUT2D eigenvalue weighted by atomic mass is 10.2. The maximum Gasteiger partial charge on any atom is 0.254 e. The van der Waals surface area contributed by atoms with Crippen LogP contribution in [0.25, 0.3) is 0 Å². The number of thiophene rings is 1. The van der Waals surface area contributed by atoms with Gasteiger partial charge in [0.15, 0.2) is 0 Å². The van der Waals surface area contributed by atoms with Gasteiger partial charge in [-0.3, -0.25) is 14.5 Å². The molecule has 0 bridgehead atoms. The van der Waals surface area contributed by atoms with Crippen LogP contribution in [-0.4, -0.2) is 60.9 Å². The molecule has 0 radical (unpaired) electrons. The summed E-state index contributed by atoms with van der Waals surface area (Å²) < 4.78 is 5.39. The zero-order valence-corrected chi connectivity index (χ0v) is 15.4. The molecule has 134 valence electrons. The SMILES string of the molecule is Cc1cc(C(=O)NCCN2CCN(C(=O)c3ccsc3)CC2)c(C)o1. The second kappa shape index (κ2) is 7.84. The van der Waals surface area contributed by atoms with E-state index in [1.54, 1.807) is 24.3 Å². The average molecular weight is 361 g/mol. The zero-order valence-electron chi connectivity index (χ0n) is 14.6. The molecule has 1 fully saturated rings. The molecule has 2 amide bonds. The van der Waals surface area contributed by atoms with Crippen LogP contribution in [0.4, 0.5) is 0 Å². The molecular weight excluding hydrogens is 338 g/mol. The van der Waals surface area contributed by atoms with Crippen molar-refractivity contribution in [3.63, 3.8) is 0 Å². The van der Waals surface area contributed by atoms with Gasteiger partial charge in [0.05, 0.1) is 11.1 Å². The third-order valence-corrected chi connectivity index (χ3v) is 5.11. The first-order chi connectivity index (χ1) is 12.0. The fraction of sp³-hybridized carbons (Fsp3) is 0.444. The van der Waals surface area contributed by atoms with Crippen molar-refractivity contribution in [2.75, 3.05) is 39.3 Å². The molecule has 3 rings (SSSR count). The average Bonchev–Trinajstić information content (AvgIpc) is 3.24. The Morgan fingerprint density at radius 3 is 2.60 bits per heavy atom. The van der Waals surface area contributed by atoms with Crippen LogP contribution in [0.1, 0.15) is 32.2 Å². The number of piperazine rings is 1. The third-order valence-electron chi connectivity index (χ3n) is 4.43. The first kappa shape index (κ1) is 17.7. The quantitative estimate of drug-likeness (QED) is 0.886. The Morgan fingerprint density at radius 1 is 1.24 bits per heavy atom. The van der Waals surface area contributed by atoms with Gasteiger partial charge in [0, 0.05) is 44.6 Å². The van der Waals surface area contributed by atoms with E-state index in [-0.39, 0.29) is 11.8 Å². The van der Waals surface area contributed by atoms with Crippen LogP contribution in [-0.2, 0) is 0 Å². The summed E-state index contributed by atoms with van der Waals surface area (Å²) in [6, 6.07) is 3.63. The molecule has 0 unspecified atom stereocenters. The number of hydrogen-bond donors (Lipinski definition) is 1. The van der Waals surface area contributed by atoms with Gasteiger partial charge in [0.25, 0.3) is 11.8 Å². The summed E-state index contributed by atoms with van der Waals surface area (Å²) in [6.07, 6.45) is 0. The second-order valence-corrected chi connectivity index (χ2v) is 7.01. The maximum absolute atomic E-state index is 12.3. The van der Waals surface area contributed by atoms with Gasteiger partial charge in [-0.05, 0) is 31.4 Å². The Balaban J connectivity index is 1.40. The highest BCUT2D eigenvalue weighted by atomic mass is 32.1. The molecule has 0 saturated carbocycles. The molecule has 7 heteroatoms. The number of carbonyl (C=O) groups is 2.